The molecule has 1 heterocycles. The summed E-state index contributed by atoms with van der Waals surface area (Å²) in [6, 6.07) is 7.94. The zero-order valence-electron chi connectivity index (χ0n) is 10.1. The van der Waals surface area contributed by atoms with Gasteiger partial charge in [-0.2, -0.15) is 0 Å². The fourth-order valence-electron chi connectivity index (χ4n) is 1.50. The summed E-state index contributed by atoms with van der Waals surface area (Å²) < 4.78 is 26.6. The first-order chi connectivity index (χ1) is 8.90. The number of amides is 1. The number of nitrogens with one attached hydrogen (secondary N) is 1. The number of carbonyl (C=O) groups is 1. The second-order valence-electron chi connectivity index (χ2n) is 3.95. The Labute approximate surface area is 115 Å². The van der Waals surface area contributed by atoms with Crippen LogP contribution in [0.25, 0.3) is 0 Å². The van der Waals surface area contributed by atoms with Crippen molar-refractivity contribution in [1.82, 2.24) is 0 Å². The summed E-state index contributed by atoms with van der Waals surface area (Å²) in [4.78, 5) is 11.5. The highest BCUT2D eigenvalue weighted by Gasteiger charge is 2.18. The zero-order valence-corrected chi connectivity index (χ0v) is 11.7. The minimum absolute atomic E-state index is 0.139. The average molecular weight is 296 g/mol. The minimum atomic E-state index is -3.71. The van der Waals surface area contributed by atoms with Crippen molar-refractivity contribution in [2.24, 2.45) is 5.73 Å². The Morgan fingerprint density at radius 2 is 1.84 bits per heavy atom. The maximum Gasteiger partial charge on any atom is 0.261 e. The van der Waals surface area contributed by atoms with Crippen molar-refractivity contribution in [2.45, 2.75) is 11.8 Å². The fraction of sp³-hybridized carbons (Fsp3) is 0.0833. The topological polar surface area (TPSA) is 89.3 Å². The first-order valence-electron chi connectivity index (χ1n) is 5.37. The molecule has 1 amide bonds. The van der Waals surface area contributed by atoms with E-state index in [-0.39, 0.29) is 15.5 Å². The van der Waals surface area contributed by atoms with E-state index in [0.717, 1.165) is 16.9 Å². The number of aryl methyl sites for hydroxylation is 1. The number of hydrogen-bond donors (Lipinski definition) is 2. The smallest absolute Gasteiger partial charge is 0.261 e. The molecule has 1 aromatic carbocycles. The predicted molar refractivity (Wildman–Crippen MR) is 74.8 cm³/mol. The van der Waals surface area contributed by atoms with Gasteiger partial charge in [0.05, 0.1) is 10.6 Å². The van der Waals surface area contributed by atoms with Crippen molar-refractivity contribution in [1.29, 1.82) is 0 Å². The standard InChI is InChI=1S/C12H12N2O3S2/c1-8-2-4-9(5-3-8)19(16,17)14-10-6-7-18-11(10)12(13)15/h2-7,14H,1H3,(H2,13,15). The number of anilines is 1. The van der Waals surface area contributed by atoms with Crippen molar-refractivity contribution in [2.75, 3.05) is 4.72 Å². The van der Waals surface area contributed by atoms with Crippen LogP contribution >= 0.6 is 11.3 Å². The molecule has 0 aliphatic carbocycles. The Hall–Kier alpha value is -1.86. The van der Waals surface area contributed by atoms with Gasteiger partial charge in [-0.3, -0.25) is 9.52 Å². The lowest BCUT2D eigenvalue weighted by atomic mass is 10.2. The second kappa shape index (κ2) is 5.02. The molecule has 0 spiro atoms. The molecule has 19 heavy (non-hydrogen) atoms. The van der Waals surface area contributed by atoms with E-state index in [1.165, 1.54) is 18.2 Å². The largest absolute Gasteiger partial charge is 0.365 e. The van der Waals surface area contributed by atoms with Gasteiger partial charge in [0.2, 0.25) is 0 Å². The maximum absolute atomic E-state index is 12.1. The van der Waals surface area contributed by atoms with Gasteiger partial charge in [0.25, 0.3) is 15.9 Å². The van der Waals surface area contributed by atoms with Crippen molar-refractivity contribution < 1.29 is 13.2 Å². The molecule has 0 atom stereocenters. The van der Waals surface area contributed by atoms with E-state index < -0.39 is 15.9 Å². The predicted octanol–water partition coefficient (Wildman–Crippen LogP) is 1.96. The summed E-state index contributed by atoms with van der Waals surface area (Å²) in [6.07, 6.45) is 0. The molecule has 1 aromatic heterocycles. The van der Waals surface area contributed by atoms with Crippen LogP contribution in [0.5, 0.6) is 0 Å². The van der Waals surface area contributed by atoms with E-state index in [1.807, 2.05) is 6.92 Å². The number of nitrogens with two attached hydrogens (primary N) is 1. The molecular weight excluding hydrogens is 284 g/mol. The molecule has 2 rings (SSSR count). The monoisotopic (exact) mass is 296 g/mol. The van der Waals surface area contributed by atoms with Crippen LogP contribution in [0.2, 0.25) is 0 Å². The van der Waals surface area contributed by atoms with E-state index in [0.29, 0.717) is 0 Å². The highest BCUT2D eigenvalue weighted by atomic mass is 32.2. The van der Waals surface area contributed by atoms with Crippen LogP contribution in [0.4, 0.5) is 5.69 Å². The normalized spacial score (nSPS) is 11.2. The molecule has 0 saturated heterocycles. The molecule has 0 saturated carbocycles. The van der Waals surface area contributed by atoms with Crippen LogP contribution in [0.3, 0.4) is 0 Å². The van der Waals surface area contributed by atoms with Crippen LogP contribution < -0.4 is 10.5 Å². The minimum Gasteiger partial charge on any atom is -0.365 e. The van der Waals surface area contributed by atoms with Gasteiger partial charge in [-0.05, 0) is 30.5 Å². The van der Waals surface area contributed by atoms with Gasteiger partial charge in [-0.15, -0.1) is 11.3 Å². The molecule has 5 nitrogen and oxygen atoms in total. The van der Waals surface area contributed by atoms with E-state index in [2.05, 4.69) is 4.72 Å². The molecule has 0 unspecified atom stereocenters. The van der Waals surface area contributed by atoms with E-state index >= 15 is 0 Å². The van der Waals surface area contributed by atoms with Crippen LogP contribution in [-0.4, -0.2) is 14.3 Å². The van der Waals surface area contributed by atoms with Crippen LogP contribution in [0.1, 0.15) is 15.2 Å². The summed E-state index contributed by atoms with van der Waals surface area (Å²) >= 11 is 1.09. The second-order valence-corrected chi connectivity index (χ2v) is 6.54. The molecule has 3 N–H and O–H groups in total. The van der Waals surface area contributed by atoms with Crippen LogP contribution in [0, 0.1) is 6.92 Å². The fourth-order valence-corrected chi connectivity index (χ4v) is 3.34. The summed E-state index contributed by atoms with van der Waals surface area (Å²) in [5.41, 5.74) is 6.34. The van der Waals surface area contributed by atoms with Crippen molar-refractivity contribution in [3.05, 3.63) is 46.2 Å². The van der Waals surface area contributed by atoms with Crippen molar-refractivity contribution >= 4 is 33.0 Å². The average Bonchev–Trinajstić information content (AvgIpc) is 2.77. The van der Waals surface area contributed by atoms with Gasteiger partial charge in [0, 0.05) is 0 Å². The molecule has 7 heteroatoms. The molecular formula is C12H12N2O3S2. The highest BCUT2D eigenvalue weighted by molar-refractivity contribution is 7.92. The van der Waals surface area contributed by atoms with Crippen LogP contribution in [-0.2, 0) is 10.0 Å². The summed E-state index contributed by atoms with van der Waals surface area (Å²) in [5, 5.41) is 1.60. The Bertz CT molecular complexity index is 703. The Balaban J connectivity index is 2.34. The number of primary amides is 1. The third-order valence-corrected chi connectivity index (χ3v) is 4.77. The van der Waals surface area contributed by atoms with Crippen LogP contribution in [0.15, 0.2) is 40.6 Å². The molecule has 0 aliphatic rings. The van der Waals surface area contributed by atoms with Gasteiger partial charge >= 0.3 is 0 Å². The number of sulfonamides is 1. The third kappa shape index (κ3) is 2.94. The lowest BCUT2D eigenvalue weighted by Gasteiger charge is -2.07. The number of thiophene rings is 1. The van der Waals surface area contributed by atoms with Gasteiger partial charge in [-0.25, -0.2) is 8.42 Å². The Morgan fingerprint density at radius 1 is 1.21 bits per heavy atom. The van der Waals surface area contributed by atoms with E-state index in [9.17, 15) is 13.2 Å². The first-order valence-corrected chi connectivity index (χ1v) is 7.73. The highest BCUT2D eigenvalue weighted by Crippen LogP contribution is 2.24. The Kier molecular flexibility index (Phi) is 3.59. The number of benzene rings is 1. The van der Waals surface area contributed by atoms with Crippen molar-refractivity contribution in [3.8, 4) is 0 Å². The molecule has 0 radical (unpaired) electrons. The lowest BCUT2D eigenvalue weighted by Crippen LogP contribution is -2.16. The molecule has 2 aromatic rings. The van der Waals surface area contributed by atoms with E-state index in [4.69, 9.17) is 5.73 Å². The zero-order chi connectivity index (χ0) is 14.0. The molecule has 0 aliphatic heterocycles. The van der Waals surface area contributed by atoms with Gasteiger partial charge < -0.3 is 5.73 Å². The maximum atomic E-state index is 12.1. The number of carbonyl (C=O) groups excluding carboxylic acids is 1. The third-order valence-electron chi connectivity index (χ3n) is 2.46. The summed E-state index contributed by atoms with van der Waals surface area (Å²) in [7, 11) is -3.71. The van der Waals surface area contributed by atoms with E-state index in [1.54, 1.807) is 17.5 Å². The number of rotatable bonds is 4. The summed E-state index contributed by atoms with van der Waals surface area (Å²) in [5.74, 6) is -0.656. The van der Waals surface area contributed by atoms with Gasteiger partial charge in [0.1, 0.15) is 4.88 Å². The first kappa shape index (κ1) is 13.6. The van der Waals surface area contributed by atoms with Crippen molar-refractivity contribution in [3.63, 3.8) is 0 Å². The molecule has 100 valence electrons. The molecule has 0 fully saturated rings. The lowest BCUT2D eigenvalue weighted by molar-refractivity contribution is 0.100. The quantitative estimate of drug-likeness (QED) is 0.903. The summed E-state index contributed by atoms with van der Waals surface area (Å²) in [6.45, 7) is 1.87. The SMILES string of the molecule is Cc1ccc(S(=O)(=O)Nc2ccsc2C(N)=O)cc1. The number of hydrogen-bond acceptors (Lipinski definition) is 4. The Morgan fingerprint density at radius 3 is 2.42 bits per heavy atom. The van der Waals surface area contributed by atoms with Gasteiger partial charge in [-0.1, -0.05) is 17.7 Å². The molecule has 0 bridgehead atoms. The van der Waals surface area contributed by atoms with Gasteiger partial charge in [0.15, 0.2) is 0 Å².